The maximum atomic E-state index is 6.28. The summed E-state index contributed by atoms with van der Waals surface area (Å²) in [5.74, 6) is 3.49. The first kappa shape index (κ1) is 18.8. The van der Waals surface area contributed by atoms with Crippen LogP contribution in [0.5, 0.6) is 23.0 Å². The van der Waals surface area contributed by atoms with Crippen molar-refractivity contribution in [1.82, 2.24) is 10.2 Å². The number of aromatic nitrogens is 2. The zero-order valence-corrected chi connectivity index (χ0v) is 16.8. The highest BCUT2D eigenvalue weighted by Crippen LogP contribution is 2.40. The Kier molecular flexibility index (Phi) is 5.50. The fourth-order valence-electron chi connectivity index (χ4n) is 2.75. The van der Waals surface area contributed by atoms with Gasteiger partial charge >= 0.3 is 0 Å². The van der Waals surface area contributed by atoms with E-state index in [1.165, 1.54) is 11.8 Å². The Morgan fingerprint density at radius 1 is 1.04 bits per heavy atom. The van der Waals surface area contributed by atoms with Crippen LogP contribution in [0.4, 0.5) is 0 Å². The summed E-state index contributed by atoms with van der Waals surface area (Å²) in [5.41, 5.74) is 1.73. The zero-order chi connectivity index (χ0) is 19.5. The Morgan fingerprint density at radius 2 is 1.86 bits per heavy atom. The average molecular weight is 421 g/mol. The third-order valence-electron chi connectivity index (χ3n) is 4.06. The minimum Gasteiger partial charge on any atom is -0.493 e. The highest BCUT2D eigenvalue weighted by molar-refractivity contribution is 7.98. The largest absolute Gasteiger partial charge is 0.493 e. The van der Waals surface area contributed by atoms with Gasteiger partial charge < -0.3 is 23.4 Å². The van der Waals surface area contributed by atoms with Gasteiger partial charge in [-0.15, -0.1) is 10.2 Å². The van der Waals surface area contributed by atoms with Crippen molar-refractivity contribution in [3.05, 3.63) is 40.9 Å². The molecule has 0 spiro atoms. The molecule has 2 aromatic carbocycles. The first-order valence-corrected chi connectivity index (χ1v) is 9.81. The van der Waals surface area contributed by atoms with E-state index in [2.05, 4.69) is 10.2 Å². The van der Waals surface area contributed by atoms with Crippen LogP contribution in [0.25, 0.3) is 11.5 Å². The lowest BCUT2D eigenvalue weighted by Crippen LogP contribution is -2.15. The summed E-state index contributed by atoms with van der Waals surface area (Å²) in [6.45, 7) is 1.01. The molecule has 1 aliphatic rings. The van der Waals surface area contributed by atoms with Gasteiger partial charge in [0.2, 0.25) is 5.89 Å². The van der Waals surface area contributed by atoms with Gasteiger partial charge in [0.05, 0.1) is 19.2 Å². The van der Waals surface area contributed by atoms with Crippen molar-refractivity contribution in [1.29, 1.82) is 0 Å². The Hall–Kier alpha value is -2.58. The standard InChI is InChI=1S/C19H17ClN2O5S/c1-23-14-4-3-12(9-15(14)24-2)18-21-22-19(27-18)28-10-11-7-13(20)17-16(8-11)25-5-6-26-17/h3-4,7-9H,5-6,10H2,1-2H3. The fourth-order valence-corrected chi connectivity index (χ4v) is 3.73. The van der Waals surface area contributed by atoms with Gasteiger partial charge in [-0.1, -0.05) is 23.4 Å². The molecule has 28 heavy (non-hydrogen) atoms. The van der Waals surface area contributed by atoms with E-state index in [0.29, 0.717) is 58.1 Å². The van der Waals surface area contributed by atoms with Crippen LogP contribution in [-0.2, 0) is 5.75 Å². The monoisotopic (exact) mass is 420 g/mol. The van der Waals surface area contributed by atoms with E-state index < -0.39 is 0 Å². The van der Waals surface area contributed by atoms with Gasteiger partial charge in [-0.2, -0.15) is 0 Å². The number of benzene rings is 2. The summed E-state index contributed by atoms with van der Waals surface area (Å²) in [6.07, 6.45) is 0. The molecule has 0 bridgehead atoms. The van der Waals surface area contributed by atoms with Crippen LogP contribution in [0.1, 0.15) is 5.56 Å². The van der Waals surface area contributed by atoms with Gasteiger partial charge in [0.15, 0.2) is 23.0 Å². The van der Waals surface area contributed by atoms with Crippen molar-refractivity contribution in [3.63, 3.8) is 0 Å². The summed E-state index contributed by atoms with van der Waals surface area (Å²) in [7, 11) is 3.16. The molecule has 3 aromatic rings. The SMILES string of the molecule is COc1ccc(-c2nnc(SCc3cc(Cl)c4c(c3)OCCO4)o2)cc1OC. The van der Waals surface area contributed by atoms with Crippen molar-refractivity contribution < 1.29 is 23.4 Å². The van der Waals surface area contributed by atoms with E-state index in [4.69, 9.17) is 35.0 Å². The quantitative estimate of drug-likeness (QED) is 0.540. The summed E-state index contributed by atoms with van der Waals surface area (Å²) < 4.78 is 27.5. The van der Waals surface area contributed by atoms with Crippen molar-refractivity contribution >= 4 is 23.4 Å². The first-order valence-electron chi connectivity index (χ1n) is 8.44. The lowest BCUT2D eigenvalue weighted by atomic mass is 10.2. The highest BCUT2D eigenvalue weighted by atomic mass is 35.5. The number of rotatable bonds is 6. The first-order chi connectivity index (χ1) is 13.7. The molecule has 4 rings (SSSR count). The molecule has 0 amide bonds. The lowest BCUT2D eigenvalue weighted by Gasteiger charge is -2.20. The van der Waals surface area contributed by atoms with Crippen LogP contribution in [0.15, 0.2) is 40.0 Å². The number of nitrogens with zero attached hydrogens (tertiary/aromatic N) is 2. The topological polar surface area (TPSA) is 75.8 Å². The number of methoxy groups -OCH3 is 2. The van der Waals surface area contributed by atoms with E-state index in [1.807, 2.05) is 18.2 Å². The maximum Gasteiger partial charge on any atom is 0.277 e. The Bertz CT molecular complexity index is 994. The van der Waals surface area contributed by atoms with E-state index >= 15 is 0 Å². The van der Waals surface area contributed by atoms with Crippen LogP contribution in [0.2, 0.25) is 5.02 Å². The Morgan fingerprint density at radius 3 is 2.68 bits per heavy atom. The molecular weight excluding hydrogens is 404 g/mol. The summed E-state index contributed by atoms with van der Waals surface area (Å²) >= 11 is 7.69. The maximum absolute atomic E-state index is 6.28. The number of ether oxygens (including phenoxy) is 4. The summed E-state index contributed by atoms with van der Waals surface area (Å²) in [4.78, 5) is 0. The summed E-state index contributed by atoms with van der Waals surface area (Å²) in [5, 5.41) is 9.20. The number of thioether (sulfide) groups is 1. The molecular formula is C19H17ClN2O5S. The van der Waals surface area contributed by atoms with Crippen LogP contribution >= 0.6 is 23.4 Å². The average Bonchev–Trinajstić information content (AvgIpc) is 3.21. The predicted molar refractivity (Wildman–Crippen MR) is 105 cm³/mol. The summed E-state index contributed by atoms with van der Waals surface area (Å²) in [6, 6.07) is 9.19. The van der Waals surface area contributed by atoms with E-state index in [9.17, 15) is 0 Å². The molecule has 0 atom stereocenters. The Balaban J connectivity index is 1.48. The molecule has 1 aromatic heterocycles. The van der Waals surface area contributed by atoms with E-state index in [0.717, 1.165) is 11.1 Å². The fraction of sp³-hybridized carbons (Fsp3) is 0.263. The van der Waals surface area contributed by atoms with E-state index in [1.54, 1.807) is 26.4 Å². The molecule has 0 unspecified atom stereocenters. The van der Waals surface area contributed by atoms with Crippen molar-refractivity contribution in [2.45, 2.75) is 11.0 Å². The van der Waals surface area contributed by atoms with Crippen LogP contribution in [0.3, 0.4) is 0 Å². The van der Waals surface area contributed by atoms with Crippen molar-refractivity contribution in [2.75, 3.05) is 27.4 Å². The number of halogens is 1. The molecule has 0 fully saturated rings. The second kappa shape index (κ2) is 8.20. The number of hydrogen-bond acceptors (Lipinski definition) is 8. The van der Waals surface area contributed by atoms with Crippen LogP contribution in [-0.4, -0.2) is 37.6 Å². The second-order valence-corrected chi connectivity index (χ2v) is 7.17. The van der Waals surface area contributed by atoms with Gasteiger partial charge in [0.1, 0.15) is 13.2 Å². The van der Waals surface area contributed by atoms with Crippen molar-refractivity contribution in [3.8, 4) is 34.5 Å². The molecule has 0 radical (unpaired) electrons. The molecule has 9 heteroatoms. The number of fused-ring (bicyclic) bond motifs is 1. The molecule has 0 saturated heterocycles. The molecule has 2 heterocycles. The third-order valence-corrected chi connectivity index (χ3v) is 5.23. The molecule has 7 nitrogen and oxygen atoms in total. The number of hydrogen-bond donors (Lipinski definition) is 0. The van der Waals surface area contributed by atoms with Gasteiger partial charge in [0.25, 0.3) is 5.22 Å². The third kappa shape index (κ3) is 3.83. The predicted octanol–water partition coefficient (Wildman–Crippen LogP) is 4.47. The molecule has 0 saturated carbocycles. The minimum atomic E-state index is 0.406. The highest BCUT2D eigenvalue weighted by Gasteiger charge is 2.18. The van der Waals surface area contributed by atoms with Crippen molar-refractivity contribution in [2.24, 2.45) is 0 Å². The molecule has 1 aliphatic heterocycles. The molecule has 146 valence electrons. The van der Waals surface area contributed by atoms with Gasteiger partial charge in [-0.3, -0.25) is 0 Å². The zero-order valence-electron chi connectivity index (χ0n) is 15.2. The van der Waals surface area contributed by atoms with Gasteiger partial charge in [-0.05, 0) is 35.9 Å². The molecule has 0 N–H and O–H groups in total. The smallest absolute Gasteiger partial charge is 0.277 e. The van der Waals surface area contributed by atoms with E-state index in [-0.39, 0.29) is 0 Å². The normalized spacial score (nSPS) is 12.7. The van der Waals surface area contributed by atoms with Crippen LogP contribution in [0, 0.1) is 0 Å². The van der Waals surface area contributed by atoms with Crippen LogP contribution < -0.4 is 18.9 Å². The van der Waals surface area contributed by atoms with Gasteiger partial charge in [0, 0.05) is 11.3 Å². The second-order valence-electron chi connectivity index (χ2n) is 5.83. The lowest BCUT2D eigenvalue weighted by molar-refractivity contribution is 0.171. The molecule has 0 aliphatic carbocycles. The minimum absolute atomic E-state index is 0.406. The van der Waals surface area contributed by atoms with Gasteiger partial charge in [-0.25, -0.2) is 0 Å². The Labute approximate surface area is 170 Å².